The van der Waals surface area contributed by atoms with E-state index < -0.39 is 18.0 Å². The number of amides is 2. The van der Waals surface area contributed by atoms with Gasteiger partial charge >= 0.3 is 6.09 Å². The van der Waals surface area contributed by atoms with Crippen LogP contribution in [0.4, 0.5) is 4.79 Å². The molecule has 1 aliphatic rings. The molecule has 5 heteroatoms. The lowest BCUT2D eigenvalue weighted by Crippen LogP contribution is -2.26. The lowest BCUT2D eigenvalue weighted by atomic mass is 10.5. The van der Waals surface area contributed by atoms with Crippen LogP contribution in [-0.2, 0) is 9.53 Å². The average molecular weight is 172 g/mol. The topological polar surface area (TPSA) is 72.4 Å². The van der Waals surface area contributed by atoms with Crippen molar-refractivity contribution in [1.82, 2.24) is 4.90 Å². The van der Waals surface area contributed by atoms with Gasteiger partial charge in [0.1, 0.15) is 6.04 Å². The molecule has 1 unspecified atom stereocenters. The zero-order valence-corrected chi connectivity index (χ0v) is 7.11. The molecule has 0 saturated carbocycles. The van der Waals surface area contributed by atoms with Crippen LogP contribution in [0.15, 0.2) is 0 Å². The Hall–Kier alpha value is -1.26. The Labute approximate surface area is 70.5 Å². The molecule has 5 nitrogen and oxygen atoms in total. The molecule has 0 aliphatic carbocycles. The Bertz CT molecular complexity index is 215. The van der Waals surface area contributed by atoms with E-state index in [-0.39, 0.29) is 6.10 Å². The molecule has 1 aliphatic heterocycles. The molecular formula is C7H12N2O3. The summed E-state index contributed by atoms with van der Waals surface area (Å²) in [7, 11) is 0. The van der Waals surface area contributed by atoms with Crippen LogP contribution in [-0.4, -0.2) is 35.6 Å². The zero-order valence-electron chi connectivity index (χ0n) is 7.11. The van der Waals surface area contributed by atoms with Crippen LogP contribution in [0.1, 0.15) is 13.8 Å². The van der Waals surface area contributed by atoms with E-state index in [2.05, 4.69) is 0 Å². The minimum Gasteiger partial charge on any atom is -0.447 e. The zero-order chi connectivity index (χ0) is 9.30. The molecule has 0 aromatic carbocycles. The first kappa shape index (κ1) is 8.83. The monoisotopic (exact) mass is 172 g/mol. The van der Waals surface area contributed by atoms with Gasteiger partial charge in [-0.2, -0.15) is 0 Å². The van der Waals surface area contributed by atoms with Crippen molar-refractivity contribution in [3.63, 3.8) is 0 Å². The number of carbonyl (C=O) groups excluding carboxylic acids is 2. The van der Waals surface area contributed by atoms with Gasteiger partial charge in [0.05, 0.1) is 12.6 Å². The predicted octanol–water partition coefficient (Wildman–Crippen LogP) is -0.299. The Morgan fingerprint density at radius 1 is 1.58 bits per heavy atom. The van der Waals surface area contributed by atoms with Gasteiger partial charge in [-0.3, -0.25) is 9.69 Å². The van der Waals surface area contributed by atoms with Crippen molar-refractivity contribution in [2.75, 3.05) is 6.54 Å². The summed E-state index contributed by atoms with van der Waals surface area (Å²) in [6, 6.07) is -0.448. The normalized spacial score (nSPS) is 20.9. The minimum atomic E-state index is -0.476. The number of hydrogen-bond acceptors (Lipinski definition) is 3. The van der Waals surface area contributed by atoms with Crippen molar-refractivity contribution in [3.8, 4) is 0 Å². The number of hydrogen-bond donors (Lipinski definition) is 1. The average Bonchev–Trinajstić information content (AvgIpc) is 2.61. The molecule has 68 valence electrons. The second-order valence-corrected chi connectivity index (χ2v) is 3.00. The van der Waals surface area contributed by atoms with Gasteiger partial charge in [-0.25, -0.2) is 4.79 Å². The third kappa shape index (κ3) is 1.87. The van der Waals surface area contributed by atoms with Crippen LogP contribution in [0.5, 0.6) is 0 Å². The quantitative estimate of drug-likeness (QED) is 0.581. The smallest absolute Gasteiger partial charge is 0.410 e. The fourth-order valence-electron chi connectivity index (χ4n) is 0.854. The van der Waals surface area contributed by atoms with Crippen LogP contribution in [0, 0.1) is 0 Å². The van der Waals surface area contributed by atoms with Crippen LogP contribution >= 0.6 is 0 Å². The lowest BCUT2D eigenvalue weighted by Gasteiger charge is -2.07. The van der Waals surface area contributed by atoms with E-state index in [4.69, 9.17) is 10.5 Å². The van der Waals surface area contributed by atoms with Gasteiger partial charge in [0.15, 0.2) is 0 Å². The highest BCUT2D eigenvalue weighted by molar-refractivity contribution is 5.89. The summed E-state index contributed by atoms with van der Waals surface area (Å²) < 4.78 is 4.83. The first-order valence-corrected chi connectivity index (χ1v) is 3.79. The second-order valence-electron chi connectivity index (χ2n) is 3.00. The third-order valence-electron chi connectivity index (χ3n) is 1.51. The molecule has 1 heterocycles. The number of nitrogens with two attached hydrogens (primary N) is 1. The summed E-state index contributed by atoms with van der Waals surface area (Å²) in [6.45, 7) is 3.89. The van der Waals surface area contributed by atoms with Gasteiger partial charge < -0.3 is 10.5 Å². The van der Waals surface area contributed by atoms with Crippen molar-refractivity contribution in [1.29, 1.82) is 0 Å². The fraction of sp³-hybridized carbons (Fsp3) is 0.714. The van der Waals surface area contributed by atoms with Crippen LogP contribution < -0.4 is 5.73 Å². The molecule has 0 radical (unpaired) electrons. The van der Waals surface area contributed by atoms with Gasteiger partial charge in [0.25, 0.3) is 0 Å². The van der Waals surface area contributed by atoms with Crippen molar-refractivity contribution >= 4 is 12.0 Å². The molecule has 1 rings (SSSR count). The van der Waals surface area contributed by atoms with E-state index in [0.717, 1.165) is 0 Å². The Morgan fingerprint density at radius 2 is 2.17 bits per heavy atom. The van der Waals surface area contributed by atoms with Gasteiger partial charge in [0.2, 0.25) is 5.91 Å². The predicted molar refractivity (Wildman–Crippen MR) is 41.3 cm³/mol. The molecule has 1 fully saturated rings. The number of ether oxygens (including phenoxy) is 1. The molecule has 0 bridgehead atoms. The summed E-state index contributed by atoms with van der Waals surface area (Å²) in [5.74, 6) is -0.476. The lowest BCUT2D eigenvalue weighted by molar-refractivity contribution is -0.118. The maximum atomic E-state index is 11.0. The molecule has 12 heavy (non-hydrogen) atoms. The Balaban J connectivity index is 2.33. The highest BCUT2D eigenvalue weighted by Crippen LogP contribution is 2.18. The first-order chi connectivity index (χ1) is 5.52. The molecule has 1 atom stereocenters. The van der Waals surface area contributed by atoms with Gasteiger partial charge in [-0.1, -0.05) is 0 Å². The van der Waals surface area contributed by atoms with E-state index in [1.54, 1.807) is 13.8 Å². The van der Waals surface area contributed by atoms with Crippen molar-refractivity contribution in [2.24, 2.45) is 5.73 Å². The third-order valence-corrected chi connectivity index (χ3v) is 1.51. The molecular weight excluding hydrogens is 160 g/mol. The molecule has 0 spiro atoms. The minimum absolute atomic E-state index is 0.161. The van der Waals surface area contributed by atoms with Gasteiger partial charge in [-0.05, 0) is 13.8 Å². The molecule has 0 aromatic heterocycles. The van der Waals surface area contributed by atoms with Crippen LogP contribution in [0.2, 0.25) is 0 Å². The van der Waals surface area contributed by atoms with E-state index in [9.17, 15) is 9.59 Å². The van der Waals surface area contributed by atoms with Crippen LogP contribution in [0.25, 0.3) is 0 Å². The summed E-state index contributed by atoms with van der Waals surface area (Å²) in [4.78, 5) is 22.9. The highest BCUT2D eigenvalue weighted by Gasteiger charge is 2.44. The number of primary amides is 1. The SMILES string of the molecule is CC(C)OC(=O)N1CC1C(N)=O. The van der Waals surface area contributed by atoms with Crippen molar-refractivity contribution < 1.29 is 14.3 Å². The Morgan fingerprint density at radius 3 is 2.50 bits per heavy atom. The van der Waals surface area contributed by atoms with E-state index in [1.165, 1.54) is 4.90 Å². The summed E-state index contributed by atoms with van der Waals surface area (Å²) in [5.41, 5.74) is 4.97. The summed E-state index contributed by atoms with van der Waals surface area (Å²) >= 11 is 0. The Kier molecular flexibility index (Phi) is 2.21. The summed E-state index contributed by atoms with van der Waals surface area (Å²) in [5, 5.41) is 0. The number of nitrogens with zero attached hydrogens (tertiary/aromatic N) is 1. The largest absolute Gasteiger partial charge is 0.447 e. The maximum Gasteiger partial charge on any atom is 0.410 e. The molecule has 2 N–H and O–H groups in total. The molecule has 2 amide bonds. The standard InChI is InChI=1S/C7H12N2O3/c1-4(2)12-7(11)9-3-5(9)6(8)10/h4-5H,3H2,1-2H3,(H2,8,10). The maximum absolute atomic E-state index is 11.0. The summed E-state index contributed by atoms with van der Waals surface area (Å²) in [6.07, 6.45) is -0.625. The number of carbonyl (C=O) groups is 2. The van der Waals surface area contributed by atoms with Gasteiger partial charge in [-0.15, -0.1) is 0 Å². The van der Waals surface area contributed by atoms with Crippen molar-refractivity contribution in [3.05, 3.63) is 0 Å². The first-order valence-electron chi connectivity index (χ1n) is 3.79. The van der Waals surface area contributed by atoms with Crippen LogP contribution in [0.3, 0.4) is 0 Å². The van der Waals surface area contributed by atoms with E-state index >= 15 is 0 Å². The van der Waals surface area contributed by atoms with E-state index in [0.29, 0.717) is 6.54 Å². The van der Waals surface area contributed by atoms with Gasteiger partial charge in [0, 0.05) is 0 Å². The van der Waals surface area contributed by atoms with E-state index in [1.807, 2.05) is 0 Å². The van der Waals surface area contributed by atoms with Crippen molar-refractivity contribution in [2.45, 2.75) is 26.0 Å². The fourth-order valence-corrected chi connectivity index (χ4v) is 0.854. The molecule has 0 aromatic rings. The molecule has 1 saturated heterocycles. The highest BCUT2D eigenvalue weighted by atomic mass is 16.6. The second kappa shape index (κ2) is 3.00. The number of rotatable bonds is 2.